The highest BCUT2D eigenvalue weighted by Gasteiger charge is 2.11. The molecular weight excluding hydrogens is 204 g/mol. The van der Waals surface area contributed by atoms with E-state index in [9.17, 15) is 5.11 Å². The van der Waals surface area contributed by atoms with Crippen molar-refractivity contribution in [2.24, 2.45) is 7.05 Å². The van der Waals surface area contributed by atoms with Gasteiger partial charge in [0.1, 0.15) is 0 Å². The molecular formula is C11H14N4O. The summed E-state index contributed by atoms with van der Waals surface area (Å²) in [6.45, 7) is 0. The molecule has 1 N–H and O–H groups in total. The number of aryl methyl sites for hydroxylation is 2. The molecule has 5 nitrogen and oxygen atoms in total. The molecule has 0 fully saturated rings. The molecule has 0 saturated carbocycles. The predicted molar refractivity (Wildman–Crippen MR) is 58.5 cm³/mol. The fourth-order valence-electron chi connectivity index (χ4n) is 1.60. The van der Waals surface area contributed by atoms with Crippen molar-refractivity contribution in [1.29, 1.82) is 0 Å². The van der Waals surface area contributed by atoms with E-state index in [1.165, 1.54) is 0 Å². The van der Waals surface area contributed by atoms with E-state index in [0.717, 1.165) is 17.7 Å². The minimum absolute atomic E-state index is 0.528. The largest absolute Gasteiger partial charge is 0.387 e. The van der Waals surface area contributed by atoms with Crippen LogP contribution in [0.3, 0.4) is 0 Å². The summed E-state index contributed by atoms with van der Waals surface area (Å²) in [6.07, 6.45) is 6.06. The van der Waals surface area contributed by atoms with Gasteiger partial charge in [0, 0.05) is 19.4 Å². The zero-order valence-electron chi connectivity index (χ0n) is 9.11. The zero-order chi connectivity index (χ0) is 11.4. The fourth-order valence-corrected chi connectivity index (χ4v) is 1.60. The van der Waals surface area contributed by atoms with Crippen LogP contribution < -0.4 is 0 Å². The second-order valence-electron chi connectivity index (χ2n) is 3.70. The Morgan fingerprint density at radius 1 is 1.44 bits per heavy atom. The molecule has 0 amide bonds. The van der Waals surface area contributed by atoms with E-state index in [0.29, 0.717) is 6.42 Å². The van der Waals surface area contributed by atoms with Crippen LogP contribution >= 0.6 is 0 Å². The highest BCUT2D eigenvalue weighted by Crippen LogP contribution is 2.16. The predicted octanol–water partition coefficient (Wildman–Crippen LogP) is 0.876. The van der Waals surface area contributed by atoms with Crippen LogP contribution in [0.5, 0.6) is 0 Å². The highest BCUT2D eigenvalue weighted by molar-refractivity contribution is 5.09. The van der Waals surface area contributed by atoms with E-state index >= 15 is 0 Å². The summed E-state index contributed by atoms with van der Waals surface area (Å²) in [5, 5.41) is 17.5. The van der Waals surface area contributed by atoms with Crippen LogP contribution in [0.25, 0.3) is 0 Å². The number of aliphatic hydroxyl groups excluding tert-OH is 1. The van der Waals surface area contributed by atoms with E-state index < -0.39 is 6.10 Å². The Kier molecular flexibility index (Phi) is 3.26. The molecule has 2 rings (SSSR count). The second kappa shape index (κ2) is 4.85. The minimum atomic E-state index is -0.528. The van der Waals surface area contributed by atoms with Gasteiger partial charge in [0.05, 0.1) is 18.0 Å². The molecule has 1 unspecified atom stereocenters. The lowest BCUT2D eigenvalue weighted by Gasteiger charge is -2.09. The molecule has 2 aromatic heterocycles. The third kappa shape index (κ3) is 2.43. The van der Waals surface area contributed by atoms with E-state index in [1.807, 2.05) is 18.3 Å². The number of nitrogens with zero attached hydrogens (tertiary/aromatic N) is 4. The Hall–Kier alpha value is -1.75. The van der Waals surface area contributed by atoms with Crippen LogP contribution in [-0.2, 0) is 13.5 Å². The summed E-state index contributed by atoms with van der Waals surface area (Å²) in [4.78, 5) is 4.03. The van der Waals surface area contributed by atoms with Gasteiger partial charge in [0.15, 0.2) is 0 Å². The van der Waals surface area contributed by atoms with Gasteiger partial charge in [-0.15, -0.1) is 5.10 Å². The van der Waals surface area contributed by atoms with Gasteiger partial charge in [-0.3, -0.25) is 4.98 Å². The standard InChI is InChI=1S/C11H14N4O/c1-15-10(8-13-14-15)11(16)5-4-9-3-2-6-12-7-9/h2-3,6-8,11,16H,4-5H2,1H3. The molecule has 16 heavy (non-hydrogen) atoms. The van der Waals surface area contributed by atoms with E-state index in [-0.39, 0.29) is 0 Å². The summed E-state index contributed by atoms with van der Waals surface area (Å²) in [7, 11) is 1.77. The molecule has 0 aliphatic rings. The van der Waals surface area contributed by atoms with Crippen LogP contribution in [-0.4, -0.2) is 25.1 Å². The first-order valence-corrected chi connectivity index (χ1v) is 5.19. The van der Waals surface area contributed by atoms with Gasteiger partial charge in [-0.05, 0) is 24.5 Å². The van der Waals surface area contributed by atoms with Gasteiger partial charge in [0.25, 0.3) is 0 Å². The summed E-state index contributed by atoms with van der Waals surface area (Å²) < 4.78 is 1.59. The van der Waals surface area contributed by atoms with Gasteiger partial charge in [-0.1, -0.05) is 11.3 Å². The number of aliphatic hydroxyl groups is 1. The van der Waals surface area contributed by atoms with Gasteiger partial charge in [-0.2, -0.15) is 0 Å². The van der Waals surface area contributed by atoms with Gasteiger partial charge < -0.3 is 5.11 Å². The SMILES string of the molecule is Cn1nncc1C(O)CCc1cccnc1. The number of hydrogen-bond donors (Lipinski definition) is 1. The number of hydrogen-bond acceptors (Lipinski definition) is 4. The van der Waals surface area contributed by atoms with Crippen molar-refractivity contribution in [3.8, 4) is 0 Å². The third-order valence-electron chi connectivity index (χ3n) is 2.52. The first-order chi connectivity index (χ1) is 7.77. The van der Waals surface area contributed by atoms with Crippen molar-refractivity contribution < 1.29 is 5.11 Å². The normalized spacial score (nSPS) is 12.6. The molecule has 0 bridgehead atoms. The Morgan fingerprint density at radius 3 is 2.94 bits per heavy atom. The maximum absolute atomic E-state index is 9.93. The third-order valence-corrected chi connectivity index (χ3v) is 2.52. The van der Waals surface area contributed by atoms with Crippen LogP contribution in [0.2, 0.25) is 0 Å². The molecule has 0 saturated heterocycles. The Labute approximate surface area is 93.8 Å². The van der Waals surface area contributed by atoms with Gasteiger partial charge in [0.2, 0.25) is 0 Å². The Bertz CT molecular complexity index is 440. The summed E-state index contributed by atoms with van der Waals surface area (Å²) in [5.74, 6) is 0. The number of aromatic nitrogens is 4. The molecule has 0 spiro atoms. The molecule has 2 aromatic rings. The number of pyridine rings is 1. The van der Waals surface area contributed by atoms with E-state index in [2.05, 4.69) is 15.3 Å². The highest BCUT2D eigenvalue weighted by atomic mass is 16.3. The average Bonchev–Trinajstić information content (AvgIpc) is 2.74. The lowest BCUT2D eigenvalue weighted by atomic mass is 10.1. The van der Waals surface area contributed by atoms with E-state index in [1.54, 1.807) is 24.1 Å². The van der Waals surface area contributed by atoms with Crippen LogP contribution in [0.4, 0.5) is 0 Å². The fraction of sp³-hybridized carbons (Fsp3) is 0.364. The molecule has 5 heteroatoms. The quantitative estimate of drug-likeness (QED) is 0.827. The zero-order valence-corrected chi connectivity index (χ0v) is 9.11. The first kappa shape index (κ1) is 10.8. The van der Waals surface area contributed by atoms with Gasteiger partial charge >= 0.3 is 0 Å². The van der Waals surface area contributed by atoms with Gasteiger partial charge in [-0.25, -0.2) is 4.68 Å². The minimum Gasteiger partial charge on any atom is -0.387 e. The lowest BCUT2D eigenvalue weighted by molar-refractivity contribution is 0.158. The summed E-state index contributed by atoms with van der Waals surface area (Å²) >= 11 is 0. The maximum Gasteiger partial charge on any atom is 0.0976 e. The molecule has 2 heterocycles. The maximum atomic E-state index is 9.93. The number of rotatable bonds is 4. The van der Waals surface area contributed by atoms with E-state index in [4.69, 9.17) is 0 Å². The smallest absolute Gasteiger partial charge is 0.0976 e. The molecule has 84 valence electrons. The monoisotopic (exact) mass is 218 g/mol. The topological polar surface area (TPSA) is 63.8 Å². The van der Waals surface area contributed by atoms with Crippen molar-refractivity contribution >= 4 is 0 Å². The molecule has 0 aliphatic heterocycles. The van der Waals surface area contributed by atoms with Crippen LogP contribution in [0.1, 0.15) is 23.8 Å². The van der Waals surface area contributed by atoms with Crippen molar-refractivity contribution in [2.75, 3.05) is 0 Å². The second-order valence-corrected chi connectivity index (χ2v) is 3.70. The summed E-state index contributed by atoms with van der Waals surface area (Å²) in [6, 6.07) is 3.90. The average molecular weight is 218 g/mol. The van der Waals surface area contributed by atoms with Crippen LogP contribution in [0.15, 0.2) is 30.7 Å². The molecule has 0 aliphatic carbocycles. The Morgan fingerprint density at radius 2 is 2.31 bits per heavy atom. The van der Waals surface area contributed by atoms with Crippen molar-refractivity contribution in [3.05, 3.63) is 42.0 Å². The van der Waals surface area contributed by atoms with Crippen LogP contribution in [0, 0.1) is 0 Å². The molecule has 0 aromatic carbocycles. The van der Waals surface area contributed by atoms with Crippen molar-refractivity contribution in [3.63, 3.8) is 0 Å². The molecule has 0 radical (unpaired) electrons. The molecule has 1 atom stereocenters. The first-order valence-electron chi connectivity index (χ1n) is 5.19. The summed E-state index contributed by atoms with van der Waals surface area (Å²) in [5.41, 5.74) is 1.86. The lowest BCUT2D eigenvalue weighted by Crippen LogP contribution is -2.06. The Balaban J connectivity index is 1.94. The van der Waals surface area contributed by atoms with Crippen molar-refractivity contribution in [1.82, 2.24) is 20.0 Å². The van der Waals surface area contributed by atoms with Crippen molar-refractivity contribution in [2.45, 2.75) is 18.9 Å².